The highest BCUT2D eigenvalue weighted by Gasteiger charge is 2.27. The van der Waals surface area contributed by atoms with Crippen molar-refractivity contribution in [2.45, 2.75) is 65.5 Å². The highest BCUT2D eigenvalue weighted by molar-refractivity contribution is 6.36. The third-order valence-electron chi connectivity index (χ3n) is 6.71. The van der Waals surface area contributed by atoms with Gasteiger partial charge < -0.3 is 0 Å². The van der Waals surface area contributed by atoms with Crippen LogP contribution in [0.4, 0.5) is 0 Å². The standard InChI is InChI=1S/C26H32Si/c1-15-7-17(3)21-11-19(5)25(23(21)9-15)13-27-14-26-20(6)12-22-18(4)8-16(2)10-24(22)26/h7-12,25-26H,13-14,27H2,1-6H3. The molecule has 0 radical (unpaired) electrons. The molecule has 0 saturated carbocycles. The van der Waals surface area contributed by atoms with Crippen LogP contribution >= 0.6 is 0 Å². The highest BCUT2D eigenvalue weighted by Crippen LogP contribution is 2.43. The third-order valence-corrected chi connectivity index (χ3v) is 8.68. The van der Waals surface area contributed by atoms with Gasteiger partial charge in [0.05, 0.1) is 0 Å². The summed E-state index contributed by atoms with van der Waals surface area (Å²) in [4.78, 5) is 0. The van der Waals surface area contributed by atoms with Crippen molar-refractivity contribution in [2.75, 3.05) is 0 Å². The maximum Gasteiger partial charge on any atom is 0.0218 e. The van der Waals surface area contributed by atoms with Gasteiger partial charge in [-0.05, 0) is 74.9 Å². The van der Waals surface area contributed by atoms with E-state index in [0.717, 1.165) is 0 Å². The Morgan fingerprint density at radius 2 is 1.04 bits per heavy atom. The first-order valence-electron chi connectivity index (χ1n) is 10.4. The summed E-state index contributed by atoms with van der Waals surface area (Å²) in [5, 5.41) is 0. The molecular weight excluding hydrogens is 340 g/mol. The van der Waals surface area contributed by atoms with Gasteiger partial charge in [-0.1, -0.05) is 70.8 Å². The lowest BCUT2D eigenvalue weighted by molar-refractivity contribution is 0.873. The number of benzene rings is 2. The van der Waals surface area contributed by atoms with Crippen LogP contribution in [0.25, 0.3) is 12.2 Å². The fourth-order valence-electron chi connectivity index (χ4n) is 5.43. The van der Waals surface area contributed by atoms with Gasteiger partial charge in [-0.2, -0.15) is 0 Å². The van der Waals surface area contributed by atoms with Crippen LogP contribution in [0.15, 0.2) is 35.4 Å². The first-order valence-corrected chi connectivity index (χ1v) is 12.4. The summed E-state index contributed by atoms with van der Waals surface area (Å²) in [5.41, 5.74) is 15.1. The van der Waals surface area contributed by atoms with Gasteiger partial charge in [0.15, 0.2) is 0 Å². The predicted molar refractivity (Wildman–Crippen MR) is 123 cm³/mol. The number of rotatable bonds is 4. The molecule has 0 amide bonds. The Kier molecular flexibility index (Phi) is 4.76. The molecule has 2 aromatic carbocycles. The lowest BCUT2D eigenvalue weighted by Gasteiger charge is -2.19. The van der Waals surface area contributed by atoms with Gasteiger partial charge in [0.25, 0.3) is 0 Å². The Labute approximate surface area is 167 Å². The molecule has 0 N–H and O–H groups in total. The van der Waals surface area contributed by atoms with E-state index in [9.17, 15) is 0 Å². The van der Waals surface area contributed by atoms with Crippen LogP contribution in [0.1, 0.15) is 70.2 Å². The SMILES string of the molecule is CC1=Cc2c(C)cc(C)cc2C1C[SiH2]CC1C(C)=Cc2c(C)cc(C)cc21. The average Bonchev–Trinajstić information content (AvgIpc) is 3.06. The third kappa shape index (κ3) is 3.27. The van der Waals surface area contributed by atoms with E-state index in [4.69, 9.17) is 0 Å². The van der Waals surface area contributed by atoms with Crippen molar-refractivity contribution in [3.8, 4) is 0 Å². The summed E-state index contributed by atoms with van der Waals surface area (Å²) in [6.45, 7) is 13.7. The molecule has 0 bridgehead atoms. The number of aryl methyl sites for hydroxylation is 4. The molecule has 0 nitrogen and oxygen atoms in total. The van der Waals surface area contributed by atoms with Crippen molar-refractivity contribution in [1.82, 2.24) is 0 Å². The zero-order valence-electron chi connectivity index (χ0n) is 17.7. The van der Waals surface area contributed by atoms with E-state index in [1.807, 2.05) is 0 Å². The molecule has 2 unspecified atom stereocenters. The zero-order valence-corrected chi connectivity index (χ0v) is 19.2. The van der Waals surface area contributed by atoms with Crippen molar-refractivity contribution in [1.29, 1.82) is 0 Å². The fraction of sp³-hybridized carbons (Fsp3) is 0.385. The molecule has 2 aromatic rings. The summed E-state index contributed by atoms with van der Waals surface area (Å²) in [6.07, 6.45) is 4.90. The van der Waals surface area contributed by atoms with Crippen LogP contribution in [-0.2, 0) is 0 Å². The smallest absolute Gasteiger partial charge is 0.0218 e. The molecule has 4 rings (SSSR count). The first kappa shape index (κ1) is 18.5. The van der Waals surface area contributed by atoms with Crippen molar-refractivity contribution >= 4 is 21.7 Å². The average molecular weight is 373 g/mol. The van der Waals surface area contributed by atoms with E-state index in [1.165, 1.54) is 45.5 Å². The van der Waals surface area contributed by atoms with Gasteiger partial charge in [-0.15, -0.1) is 0 Å². The van der Waals surface area contributed by atoms with Gasteiger partial charge >= 0.3 is 0 Å². The molecule has 0 heterocycles. The van der Waals surface area contributed by atoms with Gasteiger partial charge in [0.2, 0.25) is 0 Å². The molecule has 0 aromatic heterocycles. The van der Waals surface area contributed by atoms with Crippen LogP contribution in [0.5, 0.6) is 0 Å². The number of hydrogen-bond donors (Lipinski definition) is 0. The second-order valence-electron chi connectivity index (χ2n) is 8.98. The lowest BCUT2D eigenvalue weighted by atomic mass is 9.94. The first-order chi connectivity index (χ1) is 12.8. The van der Waals surface area contributed by atoms with Crippen LogP contribution in [0.2, 0.25) is 12.1 Å². The van der Waals surface area contributed by atoms with E-state index in [1.54, 1.807) is 22.3 Å². The summed E-state index contributed by atoms with van der Waals surface area (Å²) in [5.74, 6) is 1.35. The van der Waals surface area contributed by atoms with Gasteiger partial charge in [0.1, 0.15) is 0 Å². The quantitative estimate of drug-likeness (QED) is 0.529. The van der Waals surface area contributed by atoms with Crippen LogP contribution in [0, 0.1) is 27.7 Å². The number of hydrogen-bond acceptors (Lipinski definition) is 0. The molecule has 0 aliphatic heterocycles. The molecule has 1 heteroatoms. The maximum absolute atomic E-state index is 2.45. The molecule has 2 aliphatic carbocycles. The van der Waals surface area contributed by atoms with Crippen LogP contribution in [0.3, 0.4) is 0 Å². The Morgan fingerprint density at radius 3 is 1.44 bits per heavy atom. The van der Waals surface area contributed by atoms with E-state index in [0.29, 0.717) is 11.8 Å². The van der Waals surface area contributed by atoms with Crippen molar-refractivity contribution in [2.24, 2.45) is 0 Å². The van der Waals surface area contributed by atoms with Crippen molar-refractivity contribution < 1.29 is 0 Å². The van der Waals surface area contributed by atoms with Gasteiger partial charge in [-0.25, -0.2) is 0 Å². The van der Waals surface area contributed by atoms with E-state index in [2.05, 4.69) is 78.0 Å². The molecule has 27 heavy (non-hydrogen) atoms. The van der Waals surface area contributed by atoms with E-state index >= 15 is 0 Å². The van der Waals surface area contributed by atoms with Crippen LogP contribution in [-0.4, -0.2) is 9.52 Å². The summed E-state index contributed by atoms with van der Waals surface area (Å²) in [7, 11) is -0.121. The monoisotopic (exact) mass is 372 g/mol. The number of fused-ring (bicyclic) bond motifs is 2. The Morgan fingerprint density at radius 1 is 0.630 bits per heavy atom. The summed E-state index contributed by atoms with van der Waals surface area (Å²) in [6, 6.07) is 12.4. The van der Waals surface area contributed by atoms with Crippen molar-refractivity contribution in [3.05, 3.63) is 79.9 Å². The van der Waals surface area contributed by atoms with Crippen LogP contribution < -0.4 is 0 Å². The van der Waals surface area contributed by atoms with Gasteiger partial charge in [-0.3, -0.25) is 0 Å². The summed E-state index contributed by atoms with van der Waals surface area (Å²) >= 11 is 0. The second-order valence-corrected chi connectivity index (χ2v) is 10.8. The zero-order chi connectivity index (χ0) is 19.3. The second kappa shape index (κ2) is 6.94. The normalized spacial score (nSPS) is 20.8. The lowest BCUT2D eigenvalue weighted by Crippen LogP contribution is -2.07. The minimum atomic E-state index is -0.121. The minimum Gasteiger partial charge on any atom is -0.0655 e. The topological polar surface area (TPSA) is 0 Å². The molecule has 0 saturated heterocycles. The molecule has 2 atom stereocenters. The highest BCUT2D eigenvalue weighted by atomic mass is 28.2. The number of allylic oxidation sites excluding steroid dienone is 2. The van der Waals surface area contributed by atoms with E-state index < -0.39 is 0 Å². The van der Waals surface area contributed by atoms with E-state index in [-0.39, 0.29) is 9.52 Å². The molecular formula is C26H32Si. The molecule has 140 valence electrons. The summed E-state index contributed by atoms with van der Waals surface area (Å²) < 4.78 is 0. The molecule has 2 aliphatic rings. The molecule has 0 fully saturated rings. The fourth-order valence-corrected chi connectivity index (χ4v) is 8.02. The Hall–Kier alpha value is -1.86. The Balaban J connectivity index is 1.50. The Bertz CT molecular complexity index is 895. The minimum absolute atomic E-state index is 0.121. The predicted octanol–water partition coefficient (Wildman–Crippen LogP) is 6.63. The maximum atomic E-state index is 2.45. The molecule has 0 spiro atoms. The van der Waals surface area contributed by atoms with Crippen molar-refractivity contribution in [3.63, 3.8) is 0 Å². The van der Waals surface area contributed by atoms with Gasteiger partial charge in [0, 0.05) is 21.4 Å². The largest absolute Gasteiger partial charge is 0.0655 e.